The van der Waals surface area contributed by atoms with Crippen LogP contribution in [0.3, 0.4) is 0 Å². The van der Waals surface area contributed by atoms with E-state index in [1.165, 1.54) is 6.26 Å². The minimum atomic E-state index is -3.10. The summed E-state index contributed by atoms with van der Waals surface area (Å²) in [6.07, 6.45) is 5.88. The maximum atomic E-state index is 11.7. The molecule has 0 amide bonds. The van der Waals surface area contributed by atoms with Crippen LogP contribution in [-0.2, 0) is 9.84 Å². The van der Waals surface area contributed by atoms with Crippen molar-refractivity contribution in [2.24, 2.45) is 5.92 Å². The summed E-state index contributed by atoms with van der Waals surface area (Å²) in [5.74, 6) is 0.259. The van der Waals surface area contributed by atoms with Gasteiger partial charge in [-0.05, 0) is 18.4 Å². The van der Waals surface area contributed by atoms with E-state index >= 15 is 0 Å². The second kappa shape index (κ2) is 6.28. The molecular weight excluding hydrogens is 276 g/mol. The van der Waals surface area contributed by atoms with E-state index in [-0.39, 0.29) is 12.5 Å². The van der Waals surface area contributed by atoms with Crippen LogP contribution in [0.25, 0.3) is 0 Å². The van der Waals surface area contributed by atoms with E-state index in [9.17, 15) is 8.42 Å². The van der Waals surface area contributed by atoms with Gasteiger partial charge in [0, 0.05) is 49.6 Å². The molecule has 0 aromatic rings. The van der Waals surface area contributed by atoms with Gasteiger partial charge in [0.2, 0.25) is 0 Å². The fourth-order valence-corrected chi connectivity index (χ4v) is 3.67. The van der Waals surface area contributed by atoms with Crippen LogP contribution in [0.2, 0.25) is 0 Å². The summed E-state index contributed by atoms with van der Waals surface area (Å²) < 4.78 is 23.5. The molecule has 6 heteroatoms. The second-order valence-corrected chi connectivity index (χ2v) is 7.78. The van der Waals surface area contributed by atoms with Crippen molar-refractivity contribution in [3.05, 3.63) is 22.8 Å². The molecule has 0 bridgehead atoms. The molecule has 2 aliphatic rings. The van der Waals surface area contributed by atoms with Crippen molar-refractivity contribution >= 4 is 9.84 Å². The number of nitrogens with zero attached hydrogens (tertiary/aromatic N) is 2. The molecule has 1 unspecified atom stereocenters. The summed E-state index contributed by atoms with van der Waals surface area (Å²) in [4.78, 5) is 5.01. The highest BCUT2D eigenvalue weighted by Crippen LogP contribution is 2.28. The fraction of sp³-hybridized carbons (Fsp3) is 0.714. The van der Waals surface area contributed by atoms with Crippen molar-refractivity contribution < 1.29 is 13.5 Å². The van der Waals surface area contributed by atoms with E-state index < -0.39 is 9.84 Å². The fourth-order valence-electron chi connectivity index (χ4n) is 2.77. The van der Waals surface area contributed by atoms with E-state index in [1.807, 2.05) is 6.08 Å². The number of sulfone groups is 1. The number of allylic oxidation sites excluding steroid dienone is 3. The predicted octanol–water partition coefficient (Wildman–Crippen LogP) is 0.448. The van der Waals surface area contributed by atoms with E-state index in [2.05, 4.69) is 22.8 Å². The molecule has 1 saturated heterocycles. The molecule has 0 saturated carbocycles. The van der Waals surface area contributed by atoms with Crippen LogP contribution in [0.5, 0.6) is 0 Å². The number of aliphatic hydroxyl groups excluding tert-OH is 1. The molecule has 20 heavy (non-hydrogen) atoms. The molecule has 1 fully saturated rings. The maximum Gasteiger partial charge on any atom is 0.171 e. The number of hydrogen-bond donors (Lipinski definition) is 1. The van der Waals surface area contributed by atoms with Gasteiger partial charge in [-0.3, -0.25) is 4.90 Å². The predicted molar refractivity (Wildman–Crippen MR) is 79.9 cm³/mol. The van der Waals surface area contributed by atoms with Gasteiger partial charge in [-0.2, -0.15) is 0 Å². The highest BCUT2D eigenvalue weighted by Gasteiger charge is 2.23. The molecule has 0 radical (unpaired) electrons. The molecule has 0 spiro atoms. The van der Waals surface area contributed by atoms with Crippen LogP contribution in [0, 0.1) is 5.92 Å². The van der Waals surface area contributed by atoms with E-state index in [4.69, 9.17) is 5.11 Å². The third kappa shape index (κ3) is 3.84. The molecule has 5 nitrogen and oxygen atoms in total. The van der Waals surface area contributed by atoms with Gasteiger partial charge < -0.3 is 10.0 Å². The van der Waals surface area contributed by atoms with Crippen LogP contribution >= 0.6 is 0 Å². The van der Waals surface area contributed by atoms with Crippen molar-refractivity contribution in [1.29, 1.82) is 0 Å². The van der Waals surface area contributed by atoms with Gasteiger partial charge in [0.05, 0.1) is 6.61 Å². The second-order valence-electron chi connectivity index (χ2n) is 5.71. The molecule has 0 aromatic heterocycles. The zero-order valence-electron chi connectivity index (χ0n) is 12.2. The number of aliphatic hydroxyl groups is 1. The quantitative estimate of drug-likeness (QED) is 0.817. The molecule has 114 valence electrons. The van der Waals surface area contributed by atoms with Crippen LogP contribution in [0.15, 0.2) is 22.8 Å². The Labute approximate surface area is 121 Å². The van der Waals surface area contributed by atoms with Crippen LogP contribution < -0.4 is 0 Å². The van der Waals surface area contributed by atoms with Gasteiger partial charge >= 0.3 is 0 Å². The Morgan fingerprint density at radius 1 is 1.30 bits per heavy atom. The van der Waals surface area contributed by atoms with E-state index in [0.29, 0.717) is 17.9 Å². The van der Waals surface area contributed by atoms with Crippen molar-refractivity contribution in [1.82, 2.24) is 9.80 Å². The summed E-state index contributed by atoms with van der Waals surface area (Å²) >= 11 is 0. The first-order valence-electron chi connectivity index (χ1n) is 7.11. The summed E-state index contributed by atoms with van der Waals surface area (Å²) in [7, 11) is -3.10. The number of β-amino-alcohol motifs (C(OH)–C–C–N with tert-alkyl or cyclic N) is 1. The molecule has 1 N–H and O–H groups in total. The minimum absolute atomic E-state index is 0.192. The summed E-state index contributed by atoms with van der Waals surface area (Å²) in [6, 6.07) is 0. The lowest BCUT2D eigenvalue weighted by Crippen LogP contribution is -2.46. The Balaban J connectivity index is 2.07. The molecule has 0 aromatic carbocycles. The van der Waals surface area contributed by atoms with E-state index in [0.717, 1.165) is 31.9 Å². The highest BCUT2D eigenvalue weighted by molar-refractivity contribution is 7.94. The van der Waals surface area contributed by atoms with Crippen LogP contribution in [-0.4, -0.2) is 68.9 Å². The van der Waals surface area contributed by atoms with Gasteiger partial charge in [0.25, 0.3) is 0 Å². The summed E-state index contributed by atoms with van der Waals surface area (Å²) in [5, 5.41) is 8.95. The summed E-state index contributed by atoms with van der Waals surface area (Å²) in [6.45, 7) is 6.55. The average Bonchev–Trinajstić information content (AvgIpc) is 2.38. The minimum Gasteiger partial charge on any atom is -0.395 e. The lowest BCUT2D eigenvalue weighted by Gasteiger charge is -2.37. The standard InChI is InChI=1S/C14H24N2O3S/c1-12-9-13(11-14(10-12)20(2,18)19)16-5-3-15(4-6-16)7-8-17/h9,11-12,17H,3-8,10H2,1-2H3. The Morgan fingerprint density at radius 3 is 2.50 bits per heavy atom. The zero-order chi connectivity index (χ0) is 14.8. The lowest BCUT2D eigenvalue weighted by atomic mass is 10.00. The number of piperazine rings is 1. The molecule has 1 aliphatic heterocycles. The third-order valence-corrected chi connectivity index (χ3v) is 5.15. The largest absolute Gasteiger partial charge is 0.395 e. The van der Waals surface area contributed by atoms with Gasteiger partial charge in [0.15, 0.2) is 9.84 Å². The molecule has 1 aliphatic carbocycles. The van der Waals surface area contributed by atoms with Crippen LogP contribution in [0.1, 0.15) is 13.3 Å². The molecule has 2 rings (SSSR count). The maximum absolute atomic E-state index is 11.7. The van der Waals surface area contributed by atoms with Crippen molar-refractivity contribution in [2.75, 3.05) is 45.6 Å². The molecule has 1 atom stereocenters. The SMILES string of the molecule is CC1C=C(N2CCN(CCO)CC2)C=C(S(C)(=O)=O)C1. The first kappa shape index (κ1) is 15.5. The Morgan fingerprint density at radius 2 is 1.95 bits per heavy atom. The summed E-state index contributed by atoms with van der Waals surface area (Å²) in [5.41, 5.74) is 1.04. The first-order valence-corrected chi connectivity index (χ1v) is 9.00. The lowest BCUT2D eigenvalue weighted by molar-refractivity contribution is 0.133. The van der Waals surface area contributed by atoms with Crippen LogP contribution in [0.4, 0.5) is 0 Å². The smallest absolute Gasteiger partial charge is 0.171 e. The topological polar surface area (TPSA) is 60.9 Å². The number of rotatable bonds is 4. The Kier molecular flexibility index (Phi) is 4.88. The third-order valence-electron chi connectivity index (χ3n) is 3.92. The van der Waals surface area contributed by atoms with E-state index in [1.54, 1.807) is 0 Å². The Hall–Kier alpha value is -0.850. The van der Waals surface area contributed by atoms with Gasteiger partial charge in [0.1, 0.15) is 0 Å². The monoisotopic (exact) mass is 300 g/mol. The first-order chi connectivity index (χ1) is 9.40. The Bertz CT molecular complexity index is 503. The number of hydrogen-bond acceptors (Lipinski definition) is 5. The van der Waals surface area contributed by atoms with Gasteiger partial charge in [-0.1, -0.05) is 13.0 Å². The zero-order valence-corrected chi connectivity index (χ0v) is 13.1. The van der Waals surface area contributed by atoms with Gasteiger partial charge in [-0.25, -0.2) is 8.42 Å². The molecular formula is C14H24N2O3S. The van der Waals surface area contributed by atoms with Crippen molar-refractivity contribution in [2.45, 2.75) is 13.3 Å². The van der Waals surface area contributed by atoms with Gasteiger partial charge in [-0.15, -0.1) is 0 Å². The average molecular weight is 300 g/mol. The molecule has 1 heterocycles. The van der Waals surface area contributed by atoms with Crippen molar-refractivity contribution in [3.8, 4) is 0 Å². The highest BCUT2D eigenvalue weighted by atomic mass is 32.2. The normalized spacial score (nSPS) is 25.4. The van der Waals surface area contributed by atoms with Crippen molar-refractivity contribution in [3.63, 3.8) is 0 Å².